The van der Waals surface area contributed by atoms with Crippen LogP contribution in [0.4, 0.5) is 0 Å². The number of phosphoric ester groups is 1. The molecule has 0 aliphatic rings. The van der Waals surface area contributed by atoms with Crippen molar-refractivity contribution in [2.24, 2.45) is 0 Å². The van der Waals surface area contributed by atoms with Crippen molar-refractivity contribution < 1.29 is 53.0 Å². The van der Waals surface area contributed by atoms with Crippen LogP contribution >= 0.6 is 7.82 Å². The molecule has 0 aliphatic carbocycles. The number of phenols is 1. The van der Waals surface area contributed by atoms with Crippen molar-refractivity contribution in [3.8, 4) is 5.75 Å². The third-order valence-corrected chi connectivity index (χ3v) is 6.67. The third-order valence-electron chi connectivity index (χ3n) is 5.75. The summed E-state index contributed by atoms with van der Waals surface area (Å²) in [5.41, 5.74) is 2.32. The van der Waals surface area contributed by atoms with E-state index in [2.05, 4.69) is 9.05 Å². The number of hydrogen-bond donors (Lipinski definition) is 4. The van der Waals surface area contributed by atoms with Crippen molar-refractivity contribution in [3.05, 3.63) is 70.3 Å². The Morgan fingerprint density at radius 1 is 0.814 bits per heavy atom. The van der Waals surface area contributed by atoms with Crippen LogP contribution in [0.5, 0.6) is 5.75 Å². The van der Waals surface area contributed by atoms with Gasteiger partial charge in [-0.05, 0) is 53.7 Å². The van der Waals surface area contributed by atoms with Gasteiger partial charge in [0.25, 0.3) is 0 Å². The molecule has 43 heavy (non-hydrogen) atoms. The van der Waals surface area contributed by atoms with E-state index in [1.165, 1.54) is 25.1 Å². The van der Waals surface area contributed by atoms with Gasteiger partial charge in [-0.1, -0.05) is 59.8 Å². The minimum Gasteiger partial charge on any atom is -0.507 e. The summed E-state index contributed by atoms with van der Waals surface area (Å²) in [6.07, 6.45) is 3.24. The predicted molar refractivity (Wildman–Crippen MR) is 164 cm³/mol. The summed E-state index contributed by atoms with van der Waals surface area (Å²) in [5, 5.41) is 27.7. The number of aliphatic carboxylic acids is 1. The van der Waals surface area contributed by atoms with Crippen molar-refractivity contribution in [1.82, 2.24) is 0 Å². The Kier molecular flexibility index (Phi) is 15.4. The molecule has 0 bridgehead atoms. The Morgan fingerprint density at radius 3 is 1.53 bits per heavy atom. The fourth-order valence-electron chi connectivity index (χ4n) is 3.28. The first-order valence-electron chi connectivity index (χ1n) is 13.1. The van der Waals surface area contributed by atoms with Gasteiger partial charge in [-0.15, -0.1) is 0 Å². The molecular formula is C31H43O11P. The lowest BCUT2D eigenvalue weighted by atomic mass is 9.78. The van der Waals surface area contributed by atoms with Gasteiger partial charge in [0.1, 0.15) is 11.5 Å². The standard InChI is InChI=1S/C24H28O4.C5H8O3.C2H7O4P/c1-23(2,3)18-13-17(14-19(21(18)26)24(4,5)6)20(25)12-9-15-7-10-16(11-8-15)22(27)28;1-4(6)2-3-5(7)8;1-5-7(3,4)6-2/h7-14,26H,1-6H3,(H,27,28);2-3H2,1H3,(H,7,8);1-2H3,(H,3,4)/b12-9+;;. The number of aromatic hydroxyl groups is 1. The lowest BCUT2D eigenvalue weighted by Crippen LogP contribution is -2.18. The Labute approximate surface area is 252 Å². The van der Waals surface area contributed by atoms with Crippen molar-refractivity contribution in [2.45, 2.75) is 72.1 Å². The molecule has 0 fully saturated rings. The minimum absolute atomic E-state index is 0.0463. The Hall–Kier alpha value is -3.63. The predicted octanol–water partition coefficient (Wildman–Crippen LogP) is 6.40. The average molecular weight is 623 g/mol. The number of carbonyl (C=O) groups excluding carboxylic acids is 2. The van der Waals surface area contributed by atoms with Gasteiger partial charge in [0.2, 0.25) is 0 Å². The Morgan fingerprint density at radius 2 is 1.26 bits per heavy atom. The van der Waals surface area contributed by atoms with Gasteiger partial charge in [-0.2, -0.15) is 0 Å². The molecule has 2 rings (SSSR count). The summed E-state index contributed by atoms with van der Waals surface area (Å²) in [6, 6.07) is 9.83. The number of carboxylic acid groups (broad SMARTS) is 2. The van der Waals surface area contributed by atoms with Crippen LogP contribution in [0.2, 0.25) is 0 Å². The fourth-order valence-corrected chi connectivity index (χ4v) is 3.43. The van der Waals surface area contributed by atoms with E-state index in [4.69, 9.17) is 15.1 Å². The molecule has 2 aromatic rings. The highest BCUT2D eigenvalue weighted by atomic mass is 31.2. The number of ketones is 2. The highest BCUT2D eigenvalue weighted by Crippen LogP contribution is 2.40. The minimum atomic E-state index is -3.65. The van der Waals surface area contributed by atoms with Gasteiger partial charge in [0.05, 0.1) is 12.0 Å². The Balaban J connectivity index is 0.000000966. The van der Waals surface area contributed by atoms with Crippen LogP contribution in [0, 0.1) is 0 Å². The number of Topliss-reactive ketones (excluding diaryl/α,β-unsaturated/α-hetero) is 1. The summed E-state index contributed by atoms with van der Waals surface area (Å²) in [6.45, 7) is 13.4. The van der Waals surface area contributed by atoms with Crippen LogP contribution < -0.4 is 0 Å². The maximum atomic E-state index is 12.8. The van der Waals surface area contributed by atoms with Crippen LogP contribution in [0.3, 0.4) is 0 Å². The highest BCUT2D eigenvalue weighted by molar-refractivity contribution is 7.47. The number of aromatic carboxylic acids is 1. The lowest BCUT2D eigenvalue weighted by Gasteiger charge is -2.27. The molecule has 0 atom stereocenters. The molecule has 0 aliphatic heterocycles. The smallest absolute Gasteiger partial charge is 0.471 e. The molecule has 0 radical (unpaired) electrons. The summed E-state index contributed by atoms with van der Waals surface area (Å²) >= 11 is 0. The number of phenolic OH excluding ortho intramolecular Hbond substituents is 1. The van der Waals surface area contributed by atoms with E-state index < -0.39 is 19.8 Å². The van der Waals surface area contributed by atoms with Crippen LogP contribution in [0.15, 0.2) is 42.5 Å². The summed E-state index contributed by atoms with van der Waals surface area (Å²) < 4.78 is 18.0. The van der Waals surface area contributed by atoms with Gasteiger partial charge in [-0.3, -0.25) is 18.6 Å². The van der Waals surface area contributed by atoms with Gasteiger partial charge >= 0.3 is 19.8 Å². The van der Waals surface area contributed by atoms with E-state index in [1.807, 2.05) is 41.5 Å². The number of carboxylic acids is 2. The molecule has 2 aromatic carbocycles. The first kappa shape index (κ1) is 39.4. The largest absolute Gasteiger partial charge is 0.507 e. The zero-order valence-electron chi connectivity index (χ0n) is 26.1. The SMILES string of the molecule is CC(=O)CCC(=O)O.CC(C)(C)c1cc(C(=O)/C=C/c2ccc(C(=O)O)cc2)cc(C(C)(C)C)c1O.COP(=O)(O)OC. The second-order valence-electron chi connectivity index (χ2n) is 11.5. The first-order chi connectivity index (χ1) is 19.5. The number of allylic oxidation sites excluding steroid dienone is 1. The van der Waals surface area contributed by atoms with Crippen molar-refractivity contribution in [1.29, 1.82) is 0 Å². The lowest BCUT2D eigenvalue weighted by molar-refractivity contribution is -0.138. The van der Waals surface area contributed by atoms with Crippen molar-refractivity contribution >= 4 is 37.4 Å². The normalized spacial score (nSPS) is 11.6. The zero-order chi connectivity index (χ0) is 33.8. The Bertz CT molecular complexity index is 1290. The van der Waals surface area contributed by atoms with E-state index in [1.54, 1.807) is 30.3 Å². The summed E-state index contributed by atoms with van der Waals surface area (Å²) in [7, 11) is -1.45. The molecule has 4 N–H and O–H groups in total. The number of rotatable bonds is 9. The van der Waals surface area contributed by atoms with Gasteiger partial charge < -0.3 is 25.0 Å². The van der Waals surface area contributed by atoms with Gasteiger partial charge in [0.15, 0.2) is 5.78 Å². The molecule has 0 unspecified atom stereocenters. The van der Waals surface area contributed by atoms with E-state index in [9.17, 15) is 28.8 Å². The maximum Gasteiger partial charge on any atom is 0.471 e. The number of hydrogen-bond acceptors (Lipinski definition) is 8. The molecular weight excluding hydrogens is 579 g/mol. The second-order valence-corrected chi connectivity index (χ2v) is 13.1. The van der Waals surface area contributed by atoms with Crippen LogP contribution in [0.25, 0.3) is 6.08 Å². The average Bonchev–Trinajstić information content (AvgIpc) is 2.90. The topological polar surface area (TPSA) is 185 Å². The molecule has 0 saturated heterocycles. The van der Waals surface area contributed by atoms with Gasteiger partial charge in [-0.25, -0.2) is 9.36 Å². The molecule has 11 nitrogen and oxygen atoms in total. The van der Waals surface area contributed by atoms with E-state index in [0.717, 1.165) is 30.9 Å². The van der Waals surface area contributed by atoms with Crippen molar-refractivity contribution in [2.75, 3.05) is 14.2 Å². The molecule has 238 valence electrons. The first-order valence-corrected chi connectivity index (χ1v) is 14.6. The van der Waals surface area contributed by atoms with E-state index >= 15 is 0 Å². The van der Waals surface area contributed by atoms with E-state index in [0.29, 0.717) is 5.56 Å². The van der Waals surface area contributed by atoms with Crippen LogP contribution in [0.1, 0.15) is 98.7 Å². The van der Waals surface area contributed by atoms with Crippen LogP contribution in [-0.2, 0) is 34.0 Å². The number of benzene rings is 2. The van der Waals surface area contributed by atoms with Crippen LogP contribution in [-0.4, -0.2) is 57.9 Å². The molecule has 0 amide bonds. The van der Waals surface area contributed by atoms with Crippen molar-refractivity contribution in [3.63, 3.8) is 0 Å². The maximum absolute atomic E-state index is 12.8. The second kappa shape index (κ2) is 16.9. The number of phosphoric acid groups is 1. The van der Waals surface area contributed by atoms with Gasteiger partial charge in [0, 0.05) is 37.3 Å². The molecule has 0 spiro atoms. The zero-order valence-corrected chi connectivity index (χ0v) is 27.0. The quantitative estimate of drug-likeness (QED) is 0.138. The molecule has 0 aromatic heterocycles. The summed E-state index contributed by atoms with van der Waals surface area (Å²) in [4.78, 5) is 51.8. The molecule has 0 heterocycles. The fraction of sp³-hybridized carbons (Fsp3) is 0.419. The number of carbonyl (C=O) groups is 4. The monoisotopic (exact) mass is 622 g/mol. The van der Waals surface area contributed by atoms with E-state index in [-0.39, 0.29) is 46.6 Å². The molecule has 0 saturated carbocycles. The molecule has 12 heteroatoms. The highest BCUT2D eigenvalue weighted by Gasteiger charge is 2.27. The summed E-state index contributed by atoms with van der Waals surface area (Å²) in [5.74, 6) is -1.91. The third kappa shape index (κ3) is 14.9.